The minimum atomic E-state index is -0.0333. The highest BCUT2D eigenvalue weighted by atomic mass is 35.5. The van der Waals surface area contributed by atoms with E-state index in [4.69, 9.17) is 11.6 Å². The normalized spacial score (nSPS) is 14.1. The van der Waals surface area contributed by atoms with Crippen LogP contribution in [0.4, 0.5) is 0 Å². The van der Waals surface area contributed by atoms with Gasteiger partial charge in [0.2, 0.25) is 0 Å². The molecule has 1 aliphatic rings. The molecule has 2 aromatic heterocycles. The van der Waals surface area contributed by atoms with Crippen molar-refractivity contribution in [2.24, 2.45) is 0 Å². The summed E-state index contributed by atoms with van der Waals surface area (Å²) in [6.07, 6.45) is 3.25. The molecular weight excluding hydrogens is 288 g/mol. The number of fused-ring (bicyclic) bond motifs is 1. The Hall–Kier alpha value is -1.88. The number of H-pyrrole nitrogens is 1. The van der Waals surface area contributed by atoms with E-state index in [1.807, 2.05) is 24.8 Å². The summed E-state index contributed by atoms with van der Waals surface area (Å²) in [6, 6.07) is 1.89. The second kappa shape index (κ2) is 5.48. The van der Waals surface area contributed by atoms with Crippen LogP contribution in [0.1, 0.15) is 39.9 Å². The lowest BCUT2D eigenvalue weighted by Gasteiger charge is -2.27. The van der Waals surface area contributed by atoms with Gasteiger partial charge in [0.25, 0.3) is 5.91 Å². The molecule has 0 radical (unpaired) electrons. The maximum Gasteiger partial charge on any atom is 0.274 e. The number of hydrogen-bond acceptors (Lipinski definition) is 3. The van der Waals surface area contributed by atoms with Gasteiger partial charge in [-0.2, -0.15) is 5.10 Å². The van der Waals surface area contributed by atoms with Crippen molar-refractivity contribution in [3.8, 4) is 0 Å². The van der Waals surface area contributed by atoms with Crippen molar-refractivity contribution in [3.05, 3.63) is 45.5 Å². The van der Waals surface area contributed by atoms with E-state index >= 15 is 0 Å². The lowest BCUT2D eigenvalue weighted by Crippen LogP contribution is -2.36. The third-order valence-corrected chi connectivity index (χ3v) is 4.17. The van der Waals surface area contributed by atoms with Gasteiger partial charge < -0.3 is 4.90 Å². The zero-order chi connectivity index (χ0) is 15.0. The molecule has 6 heteroatoms. The maximum atomic E-state index is 12.6. The van der Waals surface area contributed by atoms with E-state index in [0.717, 1.165) is 35.4 Å². The fraction of sp³-hybridized carbons (Fsp3) is 0.400. The predicted octanol–water partition coefficient (Wildman–Crippen LogP) is 2.53. The third kappa shape index (κ3) is 2.53. The van der Waals surface area contributed by atoms with Crippen LogP contribution in [0.25, 0.3) is 0 Å². The fourth-order valence-corrected chi connectivity index (χ4v) is 2.89. The van der Waals surface area contributed by atoms with Gasteiger partial charge in [-0.05, 0) is 25.0 Å². The first-order valence-corrected chi connectivity index (χ1v) is 7.44. The van der Waals surface area contributed by atoms with Crippen molar-refractivity contribution in [2.75, 3.05) is 6.54 Å². The smallest absolute Gasteiger partial charge is 0.274 e. The molecule has 0 aliphatic carbocycles. The summed E-state index contributed by atoms with van der Waals surface area (Å²) in [6.45, 7) is 5.18. The molecule has 3 heterocycles. The van der Waals surface area contributed by atoms with E-state index < -0.39 is 0 Å². The van der Waals surface area contributed by atoms with Crippen LogP contribution in [0.5, 0.6) is 0 Å². The number of carbonyl (C=O) groups is 1. The number of carbonyl (C=O) groups excluding carboxylic acids is 1. The summed E-state index contributed by atoms with van der Waals surface area (Å²) in [5.41, 5.74) is 4.52. The Morgan fingerprint density at radius 1 is 1.52 bits per heavy atom. The van der Waals surface area contributed by atoms with E-state index in [2.05, 4.69) is 15.2 Å². The van der Waals surface area contributed by atoms with E-state index in [1.165, 1.54) is 0 Å². The van der Waals surface area contributed by atoms with Gasteiger partial charge in [-0.1, -0.05) is 18.5 Å². The lowest BCUT2D eigenvalue weighted by atomic mass is 10.0. The number of halogens is 1. The molecule has 5 nitrogen and oxygen atoms in total. The van der Waals surface area contributed by atoms with Crippen LogP contribution in [0.15, 0.2) is 12.3 Å². The molecule has 0 fully saturated rings. The van der Waals surface area contributed by atoms with Gasteiger partial charge in [0, 0.05) is 42.7 Å². The Kier molecular flexibility index (Phi) is 3.68. The van der Waals surface area contributed by atoms with Crippen LogP contribution in [-0.2, 0) is 19.4 Å². The van der Waals surface area contributed by atoms with Gasteiger partial charge in [0.15, 0.2) is 5.69 Å². The Balaban J connectivity index is 1.85. The number of aryl methyl sites for hydroxylation is 1. The van der Waals surface area contributed by atoms with Crippen LogP contribution in [0.3, 0.4) is 0 Å². The topological polar surface area (TPSA) is 61.9 Å². The monoisotopic (exact) mass is 304 g/mol. The first-order chi connectivity index (χ1) is 10.1. The van der Waals surface area contributed by atoms with Crippen molar-refractivity contribution in [2.45, 2.75) is 33.2 Å². The van der Waals surface area contributed by atoms with Crippen molar-refractivity contribution in [1.29, 1.82) is 0 Å². The van der Waals surface area contributed by atoms with Crippen molar-refractivity contribution in [3.63, 3.8) is 0 Å². The number of rotatable bonds is 2. The molecule has 0 atom stereocenters. The average Bonchev–Trinajstić information content (AvgIpc) is 2.86. The van der Waals surface area contributed by atoms with Crippen LogP contribution < -0.4 is 0 Å². The zero-order valence-electron chi connectivity index (χ0n) is 12.1. The molecule has 0 aromatic carbocycles. The Morgan fingerprint density at radius 2 is 2.33 bits per heavy atom. The van der Waals surface area contributed by atoms with Gasteiger partial charge in [-0.25, -0.2) is 0 Å². The van der Waals surface area contributed by atoms with E-state index in [9.17, 15) is 4.79 Å². The molecule has 0 bridgehead atoms. The second-order valence-corrected chi connectivity index (χ2v) is 5.70. The van der Waals surface area contributed by atoms with Gasteiger partial charge >= 0.3 is 0 Å². The predicted molar refractivity (Wildman–Crippen MR) is 80.4 cm³/mol. The number of amides is 1. The van der Waals surface area contributed by atoms with Crippen molar-refractivity contribution < 1.29 is 4.79 Å². The first-order valence-electron chi connectivity index (χ1n) is 7.06. The maximum absolute atomic E-state index is 12.6. The Morgan fingerprint density at radius 3 is 3.05 bits per heavy atom. The molecule has 1 amide bonds. The van der Waals surface area contributed by atoms with Crippen LogP contribution in [0.2, 0.25) is 5.02 Å². The number of aromatic amines is 1. The fourth-order valence-electron chi connectivity index (χ4n) is 2.71. The summed E-state index contributed by atoms with van der Waals surface area (Å²) >= 11 is 5.99. The number of pyridine rings is 1. The van der Waals surface area contributed by atoms with Crippen molar-refractivity contribution >= 4 is 17.5 Å². The largest absolute Gasteiger partial charge is 0.332 e. The molecule has 0 saturated carbocycles. The lowest BCUT2D eigenvalue weighted by molar-refractivity contribution is 0.0727. The molecule has 0 unspecified atom stereocenters. The summed E-state index contributed by atoms with van der Waals surface area (Å²) in [5.74, 6) is -0.0333. The van der Waals surface area contributed by atoms with Crippen molar-refractivity contribution in [1.82, 2.24) is 20.1 Å². The second-order valence-electron chi connectivity index (χ2n) is 5.27. The van der Waals surface area contributed by atoms with Gasteiger partial charge in [0.1, 0.15) is 0 Å². The summed E-state index contributed by atoms with van der Waals surface area (Å²) < 4.78 is 0. The highest BCUT2D eigenvalue weighted by Gasteiger charge is 2.26. The zero-order valence-corrected chi connectivity index (χ0v) is 12.9. The number of nitrogens with zero attached hydrogens (tertiary/aromatic N) is 3. The average molecular weight is 305 g/mol. The molecule has 3 rings (SSSR count). The van der Waals surface area contributed by atoms with Gasteiger partial charge in [-0.3, -0.25) is 14.9 Å². The molecule has 0 saturated heterocycles. The van der Waals surface area contributed by atoms with Crippen LogP contribution >= 0.6 is 11.6 Å². The Bertz CT molecular complexity index is 695. The summed E-state index contributed by atoms with van der Waals surface area (Å²) in [4.78, 5) is 18.8. The van der Waals surface area contributed by atoms with Crippen LogP contribution in [-0.4, -0.2) is 32.5 Å². The van der Waals surface area contributed by atoms with Gasteiger partial charge in [-0.15, -0.1) is 0 Å². The minimum Gasteiger partial charge on any atom is -0.332 e. The van der Waals surface area contributed by atoms with E-state index in [0.29, 0.717) is 23.8 Å². The van der Waals surface area contributed by atoms with Crippen LogP contribution in [0, 0.1) is 6.92 Å². The molecule has 21 heavy (non-hydrogen) atoms. The highest BCUT2D eigenvalue weighted by molar-refractivity contribution is 6.30. The summed E-state index contributed by atoms with van der Waals surface area (Å²) in [5, 5.41) is 7.72. The first kappa shape index (κ1) is 14.1. The van der Waals surface area contributed by atoms with E-state index in [1.54, 1.807) is 6.20 Å². The minimum absolute atomic E-state index is 0.0333. The van der Waals surface area contributed by atoms with E-state index in [-0.39, 0.29) is 5.91 Å². The molecule has 1 aliphatic heterocycles. The molecule has 110 valence electrons. The summed E-state index contributed by atoms with van der Waals surface area (Å²) in [7, 11) is 0. The quantitative estimate of drug-likeness (QED) is 0.927. The molecular formula is C15H17ClN4O. The number of hydrogen-bond donors (Lipinski definition) is 1. The molecule has 2 aromatic rings. The molecule has 0 spiro atoms. The third-order valence-electron chi connectivity index (χ3n) is 3.96. The standard InChI is InChI=1S/C15H17ClN4O/c1-3-12-9(2)14(19-18-12)15(21)20-5-4-13-10(8-20)6-11(16)7-17-13/h6-7H,3-5,8H2,1-2H3,(H,18,19). The Labute approximate surface area is 128 Å². The SMILES string of the molecule is CCc1[nH]nc(C(=O)N2CCc3ncc(Cl)cc3C2)c1C. The number of aromatic nitrogens is 3. The number of nitrogens with one attached hydrogen (secondary N) is 1. The van der Waals surface area contributed by atoms with Gasteiger partial charge in [0.05, 0.1) is 5.02 Å². The molecule has 1 N–H and O–H groups in total. The highest BCUT2D eigenvalue weighted by Crippen LogP contribution is 2.22.